The topological polar surface area (TPSA) is 68.8 Å². The fourth-order valence-corrected chi connectivity index (χ4v) is 4.57. The molecule has 7 nitrogen and oxygen atoms in total. The summed E-state index contributed by atoms with van der Waals surface area (Å²) >= 11 is 0. The molecule has 30 heavy (non-hydrogen) atoms. The molecule has 0 unspecified atom stereocenters. The molecule has 3 aromatic heterocycles. The molecule has 0 spiro atoms. The van der Waals surface area contributed by atoms with Crippen molar-refractivity contribution in [2.45, 2.75) is 58.5 Å². The average Bonchev–Trinajstić information content (AvgIpc) is 3.13. The van der Waals surface area contributed by atoms with Gasteiger partial charge >= 0.3 is 0 Å². The molecular weight excluding hydrogens is 380 g/mol. The number of methoxy groups -OCH3 is 1. The summed E-state index contributed by atoms with van der Waals surface area (Å²) in [5.41, 5.74) is 2.56. The number of pyridine rings is 1. The van der Waals surface area contributed by atoms with Crippen LogP contribution in [0.4, 0.5) is 0 Å². The highest BCUT2D eigenvalue weighted by atomic mass is 16.5. The van der Waals surface area contributed by atoms with E-state index in [0.717, 1.165) is 44.2 Å². The number of aromatic nitrogens is 3. The predicted octanol–water partition coefficient (Wildman–Crippen LogP) is 3.40. The Morgan fingerprint density at radius 1 is 1.30 bits per heavy atom. The lowest BCUT2D eigenvalue weighted by Crippen LogP contribution is -2.44. The maximum absolute atomic E-state index is 13.6. The number of rotatable bonds is 6. The van der Waals surface area contributed by atoms with E-state index in [-0.39, 0.29) is 17.5 Å². The zero-order chi connectivity index (χ0) is 21.3. The van der Waals surface area contributed by atoms with Gasteiger partial charge in [-0.05, 0) is 56.7 Å². The number of likely N-dealkylation sites (tertiary alicyclic amines) is 1. The van der Waals surface area contributed by atoms with Crippen molar-refractivity contribution in [3.63, 3.8) is 0 Å². The number of aryl methyl sites for hydroxylation is 2. The minimum atomic E-state index is -0.135. The van der Waals surface area contributed by atoms with Crippen molar-refractivity contribution in [2.75, 3.05) is 20.3 Å². The molecule has 4 rings (SSSR count). The normalized spacial score (nSPS) is 17.2. The highest BCUT2D eigenvalue weighted by molar-refractivity contribution is 5.98. The summed E-state index contributed by atoms with van der Waals surface area (Å²) in [4.78, 5) is 33.6. The molecule has 0 aromatic carbocycles. The lowest BCUT2D eigenvalue weighted by Gasteiger charge is -2.35. The second-order valence-corrected chi connectivity index (χ2v) is 8.12. The zero-order valence-electron chi connectivity index (χ0n) is 18.1. The Labute approximate surface area is 176 Å². The van der Waals surface area contributed by atoms with Gasteiger partial charge in [0.1, 0.15) is 17.0 Å². The number of amides is 1. The molecule has 1 amide bonds. The van der Waals surface area contributed by atoms with E-state index in [9.17, 15) is 9.59 Å². The number of fused-ring (bicyclic) bond motifs is 2. The standard InChI is InChI=1S/C23H30N4O3/c1-4-17-10-5-6-11-25(17)23(29)19-15-18-21(26(19)13-8-14-30-3)24-20-16(2)9-7-12-27(20)22(18)28/h7,9,12,15,17H,4-6,8,10-11,13-14H2,1-3H3/t17-/m1/s1. The molecule has 1 saturated heterocycles. The summed E-state index contributed by atoms with van der Waals surface area (Å²) in [5, 5.41) is 0.490. The molecule has 1 aliphatic heterocycles. The third-order valence-corrected chi connectivity index (χ3v) is 6.20. The molecule has 0 bridgehead atoms. The van der Waals surface area contributed by atoms with Crippen LogP contribution in [0.25, 0.3) is 16.7 Å². The summed E-state index contributed by atoms with van der Waals surface area (Å²) in [6.45, 7) is 6.01. The first kappa shape index (κ1) is 20.6. The van der Waals surface area contributed by atoms with E-state index in [1.165, 1.54) is 0 Å². The maximum Gasteiger partial charge on any atom is 0.270 e. The van der Waals surface area contributed by atoms with E-state index < -0.39 is 0 Å². The molecular formula is C23H30N4O3. The van der Waals surface area contributed by atoms with E-state index in [0.29, 0.717) is 35.5 Å². The molecule has 1 fully saturated rings. The maximum atomic E-state index is 13.6. The fourth-order valence-electron chi connectivity index (χ4n) is 4.57. The van der Waals surface area contributed by atoms with E-state index in [4.69, 9.17) is 9.72 Å². The Kier molecular flexibility index (Phi) is 5.90. The van der Waals surface area contributed by atoms with Crippen LogP contribution in [0, 0.1) is 6.92 Å². The zero-order valence-corrected chi connectivity index (χ0v) is 18.1. The van der Waals surface area contributed by atoms with Crippen LogP contribution < -0.4 is 5.56 Å². The Balaban J connectivity index is 1.89. The number of piperidine rings is 1. The Hall–Kier alpha value is -2.67. The minimum absolute atomic E-state index is 0.00199. The Bertz CT molecular complexity index is 1130. The van der Waals surface area contributed by atoms with Crippen molar-refractivity contribution < 1.29 is 9.53 Å². The largest absolute Gasteiger partial charge is 0.385 e. The Morgan fingerprint density at radius 2 is 2.13 bits per heavy atom. The highest BCUT2D eigenvalue weighted by Gasteiger charge is 2.29. The fraction of sp³-hybridized carbons (Fsp3) is 0.522. The van der Waals surface area contributed by atoms with Crippen molar-refractivity contribution in [1.29, 1.82) is 0 Å². The van der Waals surface area contributed by atoms with Gasteiger partial charge in [0.2, 0.25) is 0 Å². The van der Waals surface area contributed by atoms with Crippen LogP contribution in [0.3, 0.4) is 0 Å². The van der Waals surface area contributed by atoms with Crippen LogP contribution in [-0.2, 0) is 11.3 Å². The highest BCUT2D eigenvalue weighted by Crippen LogP contribution is 2.25. The van der Waals surface area contributed by atoms with Gasteiger partial charge in [0.25, 0.3) is 11.5 Å². The van der Waals surface area contributed by atoms with E-state index in [1.807, 2.05) is 28.5 Å². The second-order valence-electron chi connectivity index (χ2n) is 8.12. The number of hydrogen-bond acceptors (Lipinski definition) is 4. The van der Waals surface area contributed by atoms with Crippen LogP contribution in [0.15, 0.2) is 29.2 Å². The summed E-state index contributed by atoms with van der Waals surface area (Å²) in [5.74, 6) is 0.00199. The molecule has 1 aliphatic rings. The molecule has 0 N–H and O–H groups in total. The van der Waals surface area contributed by atoms with Gasteiger partial charge in [-0.1, -0.05) is 13.0 Å². The number of carbonyl (C=O) groups excluding carboxylic acids is 1. The van der Waals surface area contributed by atoms with Crippen LogP contribution in [0.1, 0.15) is 55.1 Å². The van der Waals surface area contributed by atoms with Gasteiger partial charge in [-0.3, -0.25) is 14.0 Å². The summed E-state index contributed by atoms with van der Waals surface area (Å²) in [6, 6.07) is 5.79. The molecule has 1 atom stereocenters. The van der Waals surface area contributed by atoms with E-state index >= 15 is 0 Å². The van der Waals surface area contributed by atoms with Crippen molar-refractivity contribution >= 4 is 22.6 Å². The number of ether oxygens (including phenoxy) is 1. The average molecular weight is 411 g/mol. The molecule has 0 radical (unpaired) electrons. The van der Waals surface area contributed by atoms with Gasteiger partial charge in [0.15, 0.2) is 0 Å². The SMILES string of the molecule is CC[C@@H]1CCCCN1C(=O)c1cc2c(=O)n3cccc(C)c3nc2n1CCCOC. The molecule has 0 aliphatic carbocycles. The van der Waals surface area contributed by atoms with Gasteiger partial charge in [0, 0.05) is 39.0 Å². The summed E-state index contributed by atoms with van der Waals surface area (Å²) < 4.78 is 8.71. The lowest BCUT2D eigenvalue weighted by atomic mass is 9.99. The monoisotopic (exact) mass is 410 g/mol. The molecule has 7 heteroatoms. The van der Waals surface area contributed by atoms with Gasteiger partial charge in [0.05, 0.1) is 5.39 Å². The van der Waals surface area contributed by atoms with Crippen molar-refractivity contribution in [2.24, 2.45) is 0 Å². The van der Waals surface area contributed by atoms with E-state index in [2.05, 4.69) is 6.92 Å². The predicted molar refractivity (Wildman–Crippen MR) is 117 cm³/mol. The first-order chi connectivity index (χ1) is 14.6. The van der Waals surface area contributed by atoms with Gasteiger partial charge in [-0.15, -0.1) is 0 Å². The van der Waals surface area contributed by atoms with Gasteiger partial charge in [-0.25, -0.2) is 4.98 Å². The second kappa shape index (κ2) is 8.60. The smallest absolute Gasteiger partial charge is 0.270 e. The third-order valence-electron chi connectivity index (χ3n) is 6.20. The summed E-state index contributed by atoms with van der Waals surface area (Å²) in [6.07, 6.45) is 6.64. The van der Waals surface area contributed by atoms with Gasteiger partial charge in [-0.2, -0.15) is 0 Å². The van der Waals surface area contributed by atoms with Gasteiger partial charge < -0.3 is 14.2 Å². The minimum Gasteiger partial charge on any atom is -0.385 e. The van der Waals surface area contributed by atoms with Crippen LogP contribution in [-0.4, -0.2) is 51.1 Å². The van der Waals surface area contributed by atoms with Crippen molar-refractivity contribution in [3.05, 3.63) is 46.0 Å². The molecule has 4 heterocycles. The van der Waals surface area contributed by atoms with Crippen LogP contribution in [0.2, 0.25) is 0 Å². The first-order valence-electron chi connectivity index (χ1n) is 10.9. The number of nitrogens with zero attached hydrogens (tertiary/aromatic N) is 4. The van der Waals surface area contributed by atoms with Crippen molar-refractivity contribution in [1.82, 2.24) is 18.9 Å². The van der Waals surface area contributed by atoms with Crippen LogP contribution >= 0.6 is 0 Å². The Morgan fingerprint density at radius 3 is 2.90 bits per heavy atom. The van der Waals surface area contributed by atoms with Crippen LogP contribution in [0.5, 0.6) is 0 Å². The number of hydrogen-bond donors (Lipinski definition) is 0. The van der Waals surface area contributed by atoms with Crippen molar-refractivity contribution in [3.8, 4) is 0 Å². The lowest BCUT2D eigenvalue weighted by molar-refractivity contribution is 0.0596. The molecule has 3 aromatic rings. The number of carbonyl (C=O) groups is 1. The summed E-state index contributed by atoms with van der Waals surface area (Å²) in [7, 11) is 1.67. The van der Waals surface area contributed by atoms with E-state index in [1.54, 1.807) is 23.8 Å². The first-order valence-corrected chi connectivity index (χ1v) is 10.9. The molecule has 0 saturated carbocycles. The quantitative estimate of drug-likeness (QED) is 0.584. The third kappa shape index (κ3) is 3.51. The molecule has 160 valence electrons.